The van der Waals surface area contributed by atoms with E-state index in [0.717, 1.165) is 5.57 Å². The topological polar surface area (TPSA) is 109 Å². The summed E-state index contributed by atoms with van der Waals surface area (Å²) in [7, 11) is 1.21. The minimum Gasteiger partial charge on any atom is -0.465 e. The Morgan fingerprint density at radius 3 is 2.46 bits per heavy atom. The second-order valence-corrected chi connectivity index (χ2v) is 5.39. The number of esters is 2. The number of nitro groups is 1. The first kappa shape index (κ1) is 17.3. The van der Waals surface area contributed by atoms with Crippen molar-refractivity contribution in [2.24, 2.45) is 0 Å². The SMILES string of the molecule is COC(=O)c1cncc(C(=O)OC2C=C(C)CC(C)=C2[N+](=O)[O-])c1. The number of carbonyl (C=O) groups excluding carboxylic acids is 2. The third-order valence-corrected chi connectivity index (χ3v) is 3.51. The minimum absolute atomic E-state index is 0.00915. The van der Waals surface area contributed by atoms with Crippen molar-refractivity contribution in [2.75, 3.05) is 7.11 Å². The highest BCUT2D eigenvalue weighted by Gasteiger charge is 2.33. The van der Waals surface area contributed by atoms with Crippen LogP contribution in [0.1, 0.15) is 41.0 Å². The summed E-state index contributed by atoms with van der Waals surface area (Å²) < 4.78 is 9.81. The van der Waals surface area contributed by atoms with E-state index in [-0.39, 0.29) is 16.8 Å². The first-order valence-electron chi connectivity index (χ1n) is 7.09. The number of aromatic nitrogens is 1. The first-order chi connectivity index (χ1) is 11.3. The summed E-state index contributed by atoms with van der Waals surface area (Å²) in [6.45, 7) is 3.44. The molecule has 1 heterocycles. The van der Waals surface area contributed by atoms with Crippen LogP contribution < -0.4 is 0 Å². The Balaban J connectivity index is 2.26. The number of rotatable bonds is 4. The van der Waals surface area contributed by atoms with Gasteiger partial charge in [-0.25, -0.2) is 9.59 Å². The van der Waals surface area contributed by atoms with Crippen LogP contribution in [0, 0.1) is 10.1 Å². The number of allylic oxidation sites excluding steroid dienone is 2. The normalized spacial score (nSPS) is 17.1. The zero-order chi connectivity index (χ0) is 17.9. The molecule has 24 heavy (non-hydrogen) atoms. The standard InChI is InChI=1S/C16H16N2O6/c1-9-4-10(2)14(18(21)22)13(5-9)24-16(20)12-6-11(7-17-8-12)15(19)23-3/h5-8,13H,4H2,1-3H3. The quantitative estimate of drug-likeness (QED) is 0.360. The number of carbonyl (C=O) groups is 2. The van der Waals surface area contributed by atoms with Gasteiger partial charge >= 0.3 is 11.9 Å². The largest absolute Gasteiger partial charge is 0.465 e. The van der Waals surface area contributed by atoms with E-state index >= 15 is 0 Å². The van der Waals surface area contributed by atoms with Crippen molar-refractivity contribution in [1.29, 1.82) is 0 Å². The molecule has 1 aliphatic rings. The molecule has 0 saturated carbocycles. The molecule has 8 heteroatoms. The van der Waals surface area contributed by atoms with Gasteiger partial charge in [-0.15, -0.1) is 0 Å². The van der Waals surface area contributed by atoms with Gasteiger partial charge in [-0.1, -0.05) is 5.57 Å². The van der Waals surface area contributed by atoms with Crippen molar-refractivity contribution in [1.82, 2.24) is 4.98 Å². The van der Waals surface area contributed by atoms with Crippen LogP contribution in [0.4, 0.5) is 0 Å². The number of hydrogen-bond acceptors (Lipinski definition) is 7. The summed E-state index contributed by atoms with van der Waals surface area (Å²) >= 11 is 0. The summed E-state index contributed by atoms with van der Waals surface area (Å²) in [5.41, 5.74) is 1.36. The summed E-state index contributed by atoms with van der Waals surface area (Å²) in [5.74, 6) is -1.45. The fourth-order valence-electron chi connectivity index (χ4n) is 2.46. The molecule has 126 valence electrons. The molecule has 1 aromatic heterocycles. The highest BCUT2D eigenvalue weighted by atomic mass is 16.6. The molecule has 0 spiro atoms. The van der Waals surface area contributed by atoms with Crippen molar-refractivity contribution >= 4 is 11.9 Å². The molecule has 0 amide bonds. The number of pyridine rings is 1. The molecule has 0 fully saturated rings. The second-order valence-electron chi connectivity index (χ2n) is 5.39. The van der Waals surface area contributed by atoms with Crippen LogP contribution in [0.3, 0.4) is 0 Å². The molecule has 0 aromatic carbocycles. The van der Waals surface area contributed by atoms with Gasteiger partial charge in [0.1, 0.15) is 0 Å². The molecular formula is C16H16N2O6. The van der Waals surface area contributed by atoms with Gasteiger partial charge in [0.2, 0.25) is 6.10 Å². The molecule has 0 bridgehead atoms. The highest BCUT2D eigenvalue weighted by molar-refractivity contribution is 5.94. The molecule has 8 nitrogen and oxygen atoms in total. The maximum atomic E-state index is 12.3. The van der Waals surface area contributed by atoms with Crippen molar-refractivity contribution in [3.63, 3.8) is 0 Å². The van der Waals surface area contributed by atoms with E-state index in [1.54, 1.807) is 19.9 Å². The zero-order valence-electron chi connectivity index (χ0n) is 13.4. The van der Waals surface area contributed by atoms with Crippen molar-refractivity contribution in [2.45, 2.75) is 26.4 Å². The van der Waals surface area contributed by atoms with Gasteiger partial charge in [0.05, 0.1) is 23.2 Å². The average Bonchev–Trinajstić information content (AvgIpc) is 2.53. The van der Waals surface area contributed by atoms with Gasteiger partial charge in [-0.05, 0) is 32.4 Å². The summed E-state index contributed by atoms with van der Waals surface area (Å²) in [6.07, 6.45) is 3.39. The minimum atomic E-state index is -1.08. The van der Waals surface area contributed by atoms with E-state index < -0.39 is 23.0 Å². The molecule has 1 unspecified atom stereocenters. The summed E-state index contributed by atoms with van der Waals surface area (Å²) in [4.78, 5) is 38.2. The molecule has 0 aliphatic heterocycles. The third-order valence-electron chi connectivity index (χ3n) is 3.51. The molecule has 0 N–H and O–H groups in total. The van der Waals surface area contributed by atoms with Crippen molar-refractivity contribution in [3.8, 4) is 0 Å². The Morgan fingerprint density at radius 1 is 1.25 bits per heavy atom. The lowest BCUT2D eigenvalue weighted by atomic mass is 9.96. The second kappa shape index (κ2) is 7.03. The van der Waals surface area contributed by atoms with E-state index in [9.17, 15) is 19.7 Å². The monoisotopic (exact) mass is 332 g/mol. The fraction of sp³-hybridized carbons (Fsp3) is 0.312. The predicted molar refractivity (Wildman–Crippen MR) is 82.8 cm³/mol. The number of ether oxygens (including phenoxy) is 2. The van der Waals surface area contributed by atoms with E-state index in [0.29, 0.717) is 12.0 Å². The van der Waals surface area contributed by atoms with Gasteiger partial charge in [0, 0.05) is 18.0 Å². The summed E-state index contributed by atoms with van der Waals surface area (Å²) in [5, 5.41) is 11.2. The van der Waals surface area contributed by atoms with Gasteiger partial charge in [-0.2, -0.15) is 0 Å². The first-order valence-corrected chi connectivity index (χ1v) is 7.09. The number of nitrogens with zero attached hydrogens (tertiary/aromatic N) is 2. The molecule has 1 atom stereocenters. The lowest BCUT2D eigenvalue weighted by molar-refractivity contribution is -0.435. The van der Waals surface area contributed by atoms with E-state index in [1.165, 1.54) is 25.6 Å². The van der Waals surface area contributed by atoms with Crippen LogP contribution in [-0.2, 0) is 9.47 Å². The van der Waals surface area contributed by atoms with Crippen LogP contribution >= 0.6 is 0 Å². The van der Waals surface area contributed by atoms with Crippen LogP contribution in [0.15, 0.2) is 41.4 Å². The Kier molecular flexibility index (Phi) is 5.08. The maximum Gasteiger partial charge on any atom is 0.340 e. The van der Waals surface area contributed by atoms with Gasteiger partial charge in [0.25, 0.3) is 5.70 Å². The molecule has 0 saturated heterocycles. The lowest BCUT2D eigenvalue weighted by Gasteiger charge is -2.19. The Hall–Kier alpha value is -3.03. The van der Waals surface area contributed by atoms with Crippen molar-refractivity contribution < 1.29 is 24.0 Å². The number of methoxy groups -OCH3 is 1. The zero-order valence-corrected chi connectivity index (χ0v) is 13.4. The Labute approximate surface area is 137 Å². The molecular weight excluding hydrogens is 316 g/mol. The van der Waals surface area contributed by atoms with Gasteiger partial charge in [0.15, 0.2) is 0 Å². The van der Waals surface area contributed by atoms with E-state index in [4.69, 9.17) is 4.74 Å². The van der Waals surface area contributed by atoms with E-state index in [2.05, 4.69) is 9.72 Å². The highest BCUT2D eigenvalue weighted by Crippen LogP contribution is 2.27. The van der Waals surface area contributed by atoms with Gasteiger partial charge in [-0.3, -0.25) is 15.1 Å². The lowest BCUT2D eigenvalue weighted by Crippen LogP contribution is -2.26. The van der Waals surface area contributed by atoms with Crippen LogP contribution in [0.5, 0.6) is 0 Å². The van der Waals surface area contributed by atoms with Crippen LogP contribution in [0.2, 0.25) is 0 Å². The maximum absolute atomic E-state index is 12.3. The number of hydrogen-bond donors (Lipinski definition) is 0. The predicted octanol–water partition coefficient (Wildman–Crippen LogP) is 2.29. The van der Waals surface area contributed by atoms with Crippen molar-refractivity contribution in [3.05, 3.63) is 62.6 Å². The fourth-order valence-corrected chi connectivity index (χ4v) is 2.46. The molecule has 2 rings (SSSR count). The molecule has 1 aliphatic carbocycles. The average molecular weight is 332 g/mol. The van der Waals surface area contributed by atoms with Gasteiger partial charge < -0.3 is 9.47 Å². The van der Waals surface area contributed by atoms with Crippen LogP contribution in [-0.4, -0.2) is 35.1 Å². The summed E-state index contributed by atoms with van der Waals surface area (Å²) in [6, 6.07) is 1.27. The Bertz CT molecular complexity index is 766. The Morgan fingerprint density at radius 2 is 1.88 bits per heavy atom. The van der Waals surface area contributed by atoms with E-state index in [1.807, 2.05) is 0 Å². The smallest absolute Gasteiger partial charge is 0.340 e. The molecule has 0 radical (unpaired) electrons. The third kappa shape index (κ3) is 3.65. The van der Waals surface area contributed by atoms with Crippen LogP contribution in [0.25, 0.3) is 0 Å². The molecule has 1 aromatic rings.